The molecule has 148 valence electrons. The number of rotatable bonds is 8. The normalized spacial score (nSPS) is 14.4. The molecule has 1 aliphatic carbocycles. The standard InChI is InChI=1S/C22H25FN2O3/c1-2-15-5-3-4-6-19(15)16-9-17(11-18(23)10-16)21(26)25-12-20(24)22(27)28-13-14-7-8-14/h3-6,9-11,14,20H,2,7-8,12-13,24H2,1H3,(H,25,26)/t20-/m1/s1. The van der Waals surface area contributed by atoms with Gasteiger partial charge in [0.05, 0.1) is 6.61 Å². The van der Waals surface area contributed by atoms with E-state index >= 15 is 0 Å². The summed E-state index contributed by atoms with van der Waals surface area (Å²) in [6, 6.07) is 11.0. The molecule has 0 heterocycles. The number of carbonyl (C=O) groups excluding carboxylic acids is 2. The van der Waals surface area contributed by atoms with Gasteiger partial charge in [-0.3, -0.25) is 9.59 Å². The van der Waals surface area contributed by atoms with Crippen LogP contribution in [0.25, 0.3) is 11.1 Å². The van der Waals surface area contributed by atoms with Crippen LogP contribution in [0, 0.1) is 11.7 Å². The summed E-state index contributed by atoms with van der Waals surface area (Å²) in [7, 11) is 0. The van der Waals surface area contributed by atoms with E-state index in [0.29, 0.717) is 18.1 Å². The summed E-state index contributed by atoms with van der Waals surface area (Å²) in [4.78, 5) is 24.3. The minimum absolute atomic E-state index is 0.0697. The van der Waals surface area contributed by atoms with E-state index in [9.17, 15) is 14.0 Å². The molecule has 28 heavy (non-hydrogen) atoms. The third kappa shape index (κ3) is 5.16. The average molecular weight is 384 g/mol. The van der Waals surface area contributed by atoms with Gasteiger partial charge in [-0.2, -0.15) is 0 Å². The van der Waals surface area contributed by atoms with Gasteiger partial charge in [0, 0.05) is 12.1 Å². The molecule has 1 aliphatic rings. The number of nitrogens with two attached hydrogens (primary N) is 1. The highest BCUT2D eigenvalue weighted by Gasteiger charge is 2.25. The van der Waals surface area contributed by atoms with Gasteiger partial charge in [0.2, 0.25) is 0 Å². The number of esters is 1. The first-order valence-electron chi connectivity index (χ1n) is 9.57. The van der Waals surface area contributed by atoms with Crippen LogP contribution in [0.5, 0.6) is 0 Å². The molecule has 2 aromatic carbocycles. The lowest BCUT2D eigenvalue weighted by Crippen LogP contribution is -2.43. The van der Waals surface area contributed by atoms with E-state index in [1.807, 2.05) is 31.2 Å². The minimum Gasteiger partial charge on any atom is -0.464 e. The number of carbonyl (C=O) groups is 2. The van der Waals surface area contributed by atoms with E-state index < -0.39 is 23.7 Å². The van der Waals surface area contributed by atoms with Gasteiger partial charge in [-0.15, -0.1) is 0 Å². The first kappa shape index (κ1) is 20.0. The van der Waals surface area contributed by atoms with Gasteiger partial charge in [-0.25, -0.2) is 4.39 Å². The van der Waals surface area contributed by atoms with Crippen molar-refractivity contribution < 1.29 is 18.7 Å². The van der Waals surface area contributed by atoms with Crippen molar-refractivity contribution >= 4 is 11.9 Å². The molecule has 5 nitrogen and oxygen atoms in total. The number of hydrogen-bond acceptors (Lipinski definition) is 4. The number of nitrogens with one attached hydrogen (secondary N) is 1. The van der Waals surface area contributed by atoms with Crippen LogP contribution in [0.2, 0.25) is 0 Å². The van der Waals surface area contributed by atoms with Gasteiger partial charge in [-0.1, -0.05) is 31.2 Å². The van der Waals surface area contributed by atoms with E-state index in [1.54, 1.807) is 6.07 Å². The second-order valence-electron chi connectivity index (χ2n) is 7.13. The number of halogens is 1. The van der Waals surface area contributed by atoms with Crippen molar-refractivity contribution in [2.75, 3.05) is 13.2 Å². The lowest BCUT2D eigenvalue weighted by Gasteiger charge is -2.13. The fraction of sp³-hybridized carbons (Fsp3) is 0.364. The monoisotopic (exact) mass is 384 g/mol. The maximum Gasteiger partial charge on any atom is 0.324 e. The molecule has 3 rings (SSSR count). The van der Waals surface area contributed by atoms with Crippen molar-refractivity contribution in [3.8, 4) is 11.1 Å². The number of hydrogen-bond donors (Lipinski definition) is 2. The number of aryl methyl sites for hydroxylation is 1. The summed E-state index contributed by atoms with van der Waals surface area (Å²) in [5.41, 5.74) is 8.55. The molecule has 1 fully saturated rings. The fourth-order valence-electron chi connectivity index (χ4n) is 2.97. The van der Waals surface area contributed by atoms with Crippen LogP contribution >= 0.6 is 0 Å². The van der Waals surface area contributed by atoms with Crippen LogP contribution in [-0.4, -0.2) is 31.1 Å². The number of benzene rings is 2. The molecule has 0 bridgehead atoms. The Labute approximate surface area is 164 Å². The Kier molecular flexibility index (Phi) is 6.41. The maximum absolute atomic E-state index is 14.1. The zero-order chi connectivity index (χ0) is 20.1. The molecule has 0 radical (unpaired) electrons. The molecular weight excluding hydrogens is 359 g/mol. The van der Waals surface area contributed by atoms with Crippen LogP contribution in [0.3, 0.4) is 0 Å². The third-order valence-electron chi connectivity index (χ3n) is 4.81. The van der Waals surface area contributed by atoms with Crippen LogP contribution in [0.15, 0.2) is 42.5 Å². The zero-order valence-electron chi connectivity index (χ0n) is 15.9. The van der Waals surface area contributed by atoms with Gasteiger partial charge in [-0.05, 0) is 60.1 Å². The molecule has 2 aromatic rings. The second kappa shape index (κ2) is 8.97. The molecule has 0 aliphatic heterocycles. The van der Waals surface area contributed by atoms with E-state index in [1.165, 1.54) is 12.1 Å². The van der Waals surface area contributed by atoms with Gasteiger partial charge >= 0.3 is 5.97 Å². The van der Waals surface area contributed by atoms with Crippen molar-refractivity contribution in [2.24, 2.45) is 11.7 Å². The lowest BCUT2D eigenvalue weighted by molar-refractivity contribution is -0.145. The minimum atomic E-state index is -0.948. The fourth-order valence-corrected chi connectivity index (χ4v) is 2.97. The van der Waals surface area contributed by atoms with Crippen molar-refractivity contribution in [3.05, 3.63) is 59.4 Å². The highest BCUT2D eigenvalue weighted by atomic mass is 19.1. The Morgan fingerprint density at radius 2 is 2.00 bits per heavy atom. The van der Waals surface area contributed by atoms with Crippen LogP contribution in [0.4, 0.5) is 4.39 Å². The van der Waals surface area contributed by atoms with Crippen molar-refractivity contribution in [2.45, 2.75) is 32.2 Å². The van der Waals surface area contributed by atoms with Crippen molar-refractivity contribution in [1.82, 2.24) is 5.32 Å². The van der Waals surface area contributed by atoms with E-state index in [2.05, 4.69) is 5.32 Å². The van der Waals surface area contributed by atoms with Gasteiger partial charge in [0.15, 0.2) is 0 Å². The summed E-state index contributed by atoms with van der Waals surface area (Å²) in [6.45, 7) is 2.33. The molecule has 0 unspecified atom stereocenters. The Balaban J connectivity index is 1.66. The third-order valence-corrected chi connectivity index (χ3v) is 4.81. The molecule has 6 heteroatoms. The maximum atomic E-state index is 14.1. The summed E-state index contributed by atoms with van der Waals surface area (Å²) in [6.07, 6.45) is 2.94. The van der Waals surface area contributed by atoms with Gasteiger partial charge in [0.1, 0.15) is 11.9 Å². The van der Waals surface area contributed by atoms with Crippen LogP contribution in [0.1, 0.15) is 35.7 Å². The van der Waals surface area contributed by atoms with E-state index in [4.69, 9.17) is 10.5 Å². The number of ether oxygens (including phenoxy) is 1. The molecule has 3 N–H and O–H groups in total. The highest BCUT2D eigenvalue weighted by Crippen LogP contribution is 2.29. The molecule has 1 amide bonds. The van der Waals surface area contributed by atoms with E-state index in [0.717, 1.165) is 30.4 Å². The SMILES string of the molecule is CCc1ccccc1-c1cc(F)cc(C(=O)NC[C@@H](N)C(=O)OCC2CC2)c1. The summed E-state index contributed by atoms with van der Waals surface area (Å²) >= 11 is 0. The Morgan fingerprint density at radius 1 is 1.25 bits per heavy atom. The zero-order valence-corrected chi connectivity index (χ0v) is 15.9. The largest absolute Gasteiger partial charge is 0.464 e. The smallest absolute Gasteiger partial charge is 0.324 e. The number of amides is 1. The molecule has 0 aromatic heterocycles. The summed E-state index contributed by atoms with van der Waals surface area (Å²) in [5.74, 6) is -1.08. The van der Waals surface area contributed by atoms with Crippen molar-refractivity contribution in [3.63, 3.8) is 0 Å². The average Bonchev–Trinajstić information content (AvgIpc) is 3.53. The second-order valence-corrected chi connectivity index (χ2v) is 7.13. The Morgan fingerprint density at radius 3 is 2.71 bits per heavy atom. The lowest BCUT2D eigenvalue weighted by atomic mass is 9.96. The van der Waals surface area contributed by atoms with Gasteiger partial charge in [0.25, 0.3) is 5.91 Å². The summed E-state index contributed by atoms with van der Waals surface area (Å²) < 4.78 is 19.3. The first-order chi connectivity index (χ1) is 13.5. The predicted molar refractivity (Wildman–Crippen MR) is 105 cm³/mol. The molecule has 1 atom stereocenters. The Hall–Kier alpha value is -2.73. The predicted octanol–water partition coefficient (Wildman–Crippen LogP) is 3.07. The molecule has 1 saturated carbocycles. The molecule has 0 saturated heterocycles. The molecular formula is C22H25FN2O3. The summed E-state index contributed by atoms with van der Waals surface area (Å²) in [5, 5.41) is 2.59. The quantitative estimate of drug-likeness (QED) is 0.686. The Bertz CT molecular complexity index is 865. The highest BCUT2D eigenvalue weighted by molar-refractivity contribution is 5.96. The van der Waals surface area contributed by atoms with Crippen LogP contribution in [-0.2, 0) is 16.0 Å². The molecule has 0 spiro atoms. The van der Waals surface area contributed by atoms with Gasteiger partial charge < -0.3 is 15.8 Å². The van der Waals surface area contributed by atoms with E-state index in [-0.39, 0.29) is 12.1 Å². The van der Waals surface area contributed by atoms with Crippen molar-refractivity contribution in [1.29, 1.82) is 0 Å². The van der Waals surface area contributed by atoms with Crippen LogP contribution < -0.4 is 11.1 Å². The topological polar surface area (TPSA) is 81.4 Å². The first-order valence-corrected chi connectivity index (χ1v) is 9.57.